The van der Waals surface area contributed by atoms with Crippen LogP contribution in [0.2, 0.25) is 0 Å². The minimum absolute atomic E-state index is 0. The fourth-order valence-corrected chi connectivity index (χ4v) is 1.89. The number of nitrogens with two attached hydrogens (primary N) is 2. The molecular weight excluding hydrogens is 224 g/mol. The van der Waals surface area contributed by atoms with Gasteiger partial charge in [-0.25, -0.2) is 4.21 Å². The van der Waals surface area contributed by atoms with Gasteiger partial charge in [-0.2, -0.15) is 10.2 Å². The van der Waals surface area contributed by atoms with Gasteiger partial charge in [0.15, 0.2) is 0 Å². The topological polar surface area (TPSA) is 95.1 Å². The molecule has 70 valence electrons. The molecule has 0 aliphatic rings. The number of halogens is 1. The van der Waals surface area contributed by atoms with Crippen molar-refractivity contribution >= 4 is 27.5 Å². The second kappa shape index (κ2) is 4.67. The standard InChI is InChI=1S/C3H6N4O2S2.ClH/c1-7-2(4)10-3(6-7)11(8)9-5;/h4H,5H2,1H3;1H. The van der Waals surface area contributed by atoms with E-state index in [1.54, 1.807) is 7.05 Å². The molecule has 9 heteroatoms. The number of aromatic nitrogens is 2. The summed E-state index contributed by atoms with van der Waals surface area (Å²) in [5.41, 5.74) is 5.42. The lowest BCUT2D eigenvalue weighted by Gasteiger charge is -1.85. The maximum atomic E-state index is 10.8. The van der Waals surface area contributed by atoms with Crippen molar-refractivity contribution in [2.75, 3.05) is 5.73 Å². The van der Waals surface area contributed by atoms with Gasteiger partial charge in [-0.3, -0.25) is 5.73 Å². The maximum Gasteiger partial charge on any atom is 0.354 e. The Kier molecular flexibility index (Phi) is 4.57. The number of nitrogen functional groups attached to an aromatic ring is 1. The Morgan fingerprint density at radius 3 is 2.67 bits per heavy atom. The van der Waals surface area contributed by atoms with Gasteiger partial charge in [0, 0.05) is 0 Å². The normalized spacial score (nSPS) is 12.2. The molecular formula is C3H7ClN4O2S2. The van der Waals surface area contributed by atoms with Crippen molar-refractivity contribution in [2.24, 2.45) is 12.9 Å². The van der Waals surface area contributed by atoms with Crippen molar-refractivity contribution in [1.82, 2.24) is 5.10 Å². The third-order valence-electron chi connectivity index (χ3n) is 0.972. The van der Waals surface area contributed by atoms with Gasteiger partial charge in [0.2, 0.25) is 11.1 Å². The molecule has 0 aliphatic carbocycles. The minimum atomic E-state index is -1.70. The van der Waals surface area contributed by atoms with Crippen molar-refractivity contribution in [3.8, 4) is 0 Å². The van der Waals surface area contributed by atoms with Crippen molar-refractivity contribution in [2.45, 2.75) is 4.34 Å². The molecule has 0 amide bonds. The number of rotatable bonds is 2. The summed E-state index contributed by atoms with van der Waals surface area (Å²) >= 11 is -0.624. The summed E-state index contributed by atoms with van der Waals surface area (Å²) in [5, 5.41) is 4.24. The number of hydrogen-bond donors (Lipinski definition) is 2. The number of aryl methyl sites for hydroxylation is 1. The first-order valence-corrected chi connectivity index (χ1v) is 4.46. The highest BCUT2D eigenvalue weighted by atomic mass is 35.5. The summed E-state index contributed by atoms with van der Waals surface area (Å²) in [6.45, 7) is 0. The zero-order valence-electron chi connectivity index (χ0n) is 6.06. The summed E-state index contributed by atoms with van der Waals surface area (Å²) in [6, 6.07) is 0. The monoisotopic (exact) mass is 230 g/mol. The van der Waals surface area contributed by atoms with Crippen LogP contribution in [0, 0.1) is 0 Å². The van der Waals surface area contributed by atoms with E-state index in [1.165, 1.54) is 4.68 Å². The van der Waals surface area contributed by atoms with E-state index >= 15 is 0 Å². The summed E-state index contributed by atoms with van der Waals surface area (Å²) in [4.78, 5) is 0. The maximum absolute atomic E-state index is 10.8. The number of nitrogens with zero attached hydrogens (tertiary/aromatic N) is 2. The lowest BCUT2D eigenvalue weighted by atomic mass is 11.2. The first-order valence-electron chi connectivity index (χ1n) is 2.56. The molecule has 0 saturated carbocycles. The molecule has 1 atom stereocenters. The summed E-state index contributed by atoms with van der Waals surface area (Å²) in [7, 11) is 1.64. The molecule has 6 nitrogen and oxygen atoms in total. The van der Waals surface area contributed by atoms with Crippen LogP contribution in [0.1, 0.15) is 0 Å². The molecule has 1 aromatic rings. The van der Waals surface area contributed by atoms with Crippen molar-refractivity contribution < 1.29 is 25.6 Å². The van der Waals surface area contributed by atoms with Gasteiger partial charge in [0.1, 0.15) is 7.05 Å². The Labute approximate surface area is 81.5 Å². The van der Waals surface area contributed by atoms with E-state index in [0.717, 1.165) is 11.3 Å². The third kappa shape index (κ3) is 2.35. The highest BCUT2D eigenvalue weighted by Crippen LogP contribution is 2.12. The second-order valence-electron chi connectivity index (χ2n) is 1.66. The van der Waals surface area contributed by atoms with Crippen LogP contribution in [0.3, 0.4) is 0 Å². The first kappa shape index (κ1) is 11.7. The Hall–Kier alpha value is -0.280. The Morgan fingerprint density at radius 2 is 2.33 bits per heavy atom. The van der Waals surface area contributed by atoms with Crippen molar-refractivity contribution in [1.29, 1.82) is 0 Å². The molecule has 1 rings (SSSR count). The van der Waals surface area contributed by atoms with Gasteiger partial charge in [-0.05, 0) is 11.3 Å². The zero-order chi connectivity index (χ0) is 8.43. The second-order valence-corrected chi connectivity index (χ2v) is 3.98. The van der Waals surface area contributed by atoms with Gasteiger partial charge in [-0.1, -0.05) is 5.10 Å². The first-order chi connectivity index (χ1) is 5.15. The highest BCUT2D eigenvalue weighted by molar-refractivity contribution is 7.82. The Morgan fingerprint density at radius 1 is 1.75 bits per heavy atom. The van der Waals surface area contributed by atoms with Gasteiger partial charge >= 0.3 is 5.13 Å². The largest absolute Gasteiger partial charge is 1.00 e. The predicted molar refractivity (Wildman–Crippen MR) is 39.4 cm³/mol. The molecule has 12 heavy (non-hydrogen) atoms. The highest BCUT2D eigenvalue weighted by Gasteiger charge is 2.15. The quantitative estimate of drug-likeness (QED) is 0.394. The van der Waals surface area contributed by atoms with Gasteiger partial charge in [0.25, 0.3) is 4.34 Å². The number of anilines is 1. The van der Waals surface area contributed by atoms with Crippen molar-refractivity contribution in [3.63, 3.8) is 0 Å². The van der Waals surface area contributed by atoms with E-state index in [-0.39, 0.29) is 16.7 Å². The van der Waals surface area contributed by atoms with E-state index in [2.05, 4.69) is 15.3 Å². The fourth-order valence-electron chi connectivity index (χ4n) is 0.456. The molecule has 0 spiro atoms. The lowest BCUT2D eigenvalue weighted by molar-refractivity contribution is -0.714. The van der Waals surface area contributed by atoms with Crippen LogP contribution in [-0.4, -0.2) is 9.31 Å². The van der Waals surface area contributed by atoms with E-state index in [4.69, 9.17) is 5.73 Å². The molecule has 0 saturated heterocycles. The van der Waals surface area contributed by atoms with E-state index in [0.29, 0.717) is 5.13 Å². The fraction of sp³-hybridized carbons (Fsp3) is 0.333. The smallest absolute Gasteiger partial charge is 0.354 e. The predicted octanol–water partition coefficient (Wildman–Crippen LogP) is -4.53. The number of hydrogen-bond acceptors (Lipinski definition) is 6. The van der Waals surface area contributed by atoms with Crippen LogP contribution in [0.15, 0.2) is 4.34 Å². The summed E-state index contributed by atoms with van der Waals surface area (Å²) in [6.07, 6.45) is 0. The van der Waals surface area contributed by atoms with Crippen LogP contribution in [0.5, 0.6) is 0 Å². The summed E-state index contributed by atoms with van der Waals surface area (Å²) < 4.78 is 16.5. The van der Waals surface area contributed by atoms with Crippen LogP contribution in [-0.2, 0) is 22.4 Å². The minimum Gasteiger partial charge on any atom is -1.00 e. The average molecular weight is 231 g/mol. The molecule has 1 heterocycles. The van der Waals surface area contributed by atoms with E-state index in [9.17, 15) is 4.21 Å². The zero-order valence-corrected chi connectivity index (χ0v) is 8.45. The van der Waals surface area contributed by atoms with Gasteiger partial charge in [-0.15, -0.1) is 4.68 Å². The third-order valence-corrected chi connectivity index (χ3v) is 2.90. The molecule has 0 bridgehead atoms. The van der Waals surface area contributed by atoms with Crippen LogP contribution in [0.4, 0.5) is 5.13 Å². The van der Waals surface area contributed by atoms with Gasteiger partial charge < -0.3 is 12.4 Å². The molecule has 4 N–H and O–H groups in total. The molecule has 0 aromatic carbocycles. The summed E-state index contributed by atoms with van der Waals surface area (Å²) in [5.74, 6) is 4.68. The SMILES string of the molecule is C[n+]1nc(S(=O)ON)sc1N.[Cl-]. The lowest BCUT2D eigenvalue weighted by Crippen LogP contribution is -3.00. The Bertz CT molecular complexity index is 270. The van der Waals surface area contributed by atoms with Crippen LogP contribution in [0.25, 0.3) is 0 Å². The van der Waals surface area contributed by atoms with Gasteiger partial charge in [0.05, 0.1) is 0 Å². The molecule has 1 unspecified atom stereocenters. The molecule has 0 fully saturated rings. The van der Waals surface area contributed by atoms with Crippen molar-refractivity contribution in [3.05, 3.63) is 0 Å². The van der Waals surface area contributed by atoms with Crippen LogP contribution < -0.4 is 28.7 Å². The Balaban J connectivity index is 0.00000121. The van der Waals surface area contributed by atoms with Crippen LogP contribution >= 0.6 is 11.3 Å². The molecule has 0 radical (unpaired) electrons. The molecule has 0 aliphatic heterocycles. The molecule has 1 aromatic heterocycles. The van der Waals surface area contributed by atoms with E-state index < -0.39 is 11.1 Å². The van der Waals surface area contributed by atoms with E-state index in [1.807, 2.05) is 0 Å². The average Bonchev–Trinajstić information content (AvgIpc) is 2.31.